The molecule has 1 fully saturated rings. The molecule has 0 saturated carbocycles. The summed E-state index contributed by atoms with van der Waals surface area (Å²) >= 11 is 5.42. The molecular weight excluding hydrogens is 306 g/mol. The highest BCUT2D eigenvalue weighted by Gasteiger charge is 2.40. The minimum absolute atomic E-state index is 0.115. The number of β-amino-alcohol motifs (C(OH)–C–C–N with tert-alkyl or cyclic N) is 1. The normalized spacial score (nSPS) is 22.2. The number of amides is 2. The molecule has 0 aliphatic carbocycles. The highest BCUT2D eigenvalue weighted by Crippen LogP contribution is 2.25. The molecule has 0 bridgehead atoms. The van der Waals surface area contributed by atoms with Gasteiger partial charge in [-0.05, 0) is 25.0 Å². The molecule has 2 amide bonds. The molecule has 1 saturated heterocycles. The van der Waals surface area contributed by atoms with E-state index in [0.717, 1.165) is 4.90 Å². The van der Waals surface area contributed by atoms with E-state index >= 15 is 0 Å². The van der Waals surface area contributed by atoms with Crippen LogP contribution in [-0.2, 0) is 4.79 Å². The van der Waals surface area contributed by atoms with E-state index in [1.165, 1.54) is 0 Å². The monoisotopic (exact) mass is 318 g/mol. The predicted octanol–water partition coefficient (Wildman–Crippen LogP) is 1.07. The Labute approximate surface area is 124 Å². The van der Waals surface area contributed by atoms with Gasteiger partial charge in [0, 0.05) is 6.54 Å². The number of primary amides is 1. The SMILES string of the molecule is NC(=O)[C@@]1(O)CCCN(C(=O)c2cc(F)c(Cl)cc2F)C1. The second kappa shape index (κ2) is 5.57. The Morgan fingerprint density at radius 2 is 2.00 bits per heavy atom. The number of rotatable bonds is 2. The molecular formula is C13H13ClF2N2O3. The van der Waals surface area contributed by atoms with E-state index in [1.54, 1.807) is 0 Å². The molecule has 1 aliphatic heterocycles. The van der Waals surface area contributed by atoms with Crippen LogP contribution in [0.4, 0.5) is 8.78 Å². The van der Waals surface area contributed by atoms with Crippen molar-refractivity contribution >= 4 is 23.4 Å². The number of nitrogens with zero attached hydrogens (tertiary/aromatic N) is 1. The van der Waals surface area contributed by atoms with Crippen molar-refractivity contribution in [2.24, 2.45) is 5.73 Å². The van der Waals surface area contributed by atoms with Gasteiger partial charge in [0.1, 0.15) is 11.6 Å². The molecule has 1 heterocycles. The lowest BCUT2D eigenvalue weighted by molar-refractivity contribution is -0.140. The number of hydrogen-bond donors (Lipinski definition) is 2. The Balaban J connectivity index is 2.28. The highest BCUT2D eigenvalue weighted by atomic mass is 35.5. The molecule has 114 valence electrons. The molecule has 2 rings (SSSR count). The maximum atomic E-state index is 13.7. The molecule has 0 aromatic heterocycles. The third-order valence-corrected chi connectivity index (χ3v) is 3.75. The van der Waals surface area contributed by atoms with Gasteiger partial charge in [-0.25, -0.2) is 8.78 Å². The zero-order valence-corrected chi connectivity index (χ0v) is 11.7. The van der Waals surface area contributed by atoms with Crippen LogP contribution in [0.25, 0.3) is 0 Å². The number of piperidine rings is 1. The van der Waals surface area contributed by atoms with Crippen molar-refractivity contribution in [3.63, 3.8) is 0 Å². The molecule has 1 aromatic carbocycles. The quantitative estimate of drug-likeness (QED) is 0.800. The van der Waals surface area contributed by atoms with Crippen molar-refractivity contribution in [3.05, 3.63) is 34.4 Å². The molecule has 1 aliphatic rings. The number of halogens is 3. The van der Waals surface area contributed by atoms with Crippen molar-refractivity contribution in [2.45, 2.75) is 18.4 Å². The van der Waals surface area contributed by atoms with Crippen molar-refractivity contribution in [1.29, 1.82) is 0 Å². The molecule has 0 unspecified atom stereocenters. The van der Waals surface area contributed by atoms with Crippen LogP contribution >= 0.6 is 11.6 Å². The van der Waals surface area contributed by atoms with Gasteiger partial charge in [0.15, 0.2) is 5.60 Å². The van der Waals surface area contributed by atoms with Crippen LogP contribution in [0.2, 0.25) is 5.02 Å². The zero-order chi connectivity index (χ0) is 15.8. The van der Waals surface area contributed by atoms with Crippen molar-refractivity contribution in [1.82, 2.24) is 4.90 Å². The van der Waals surface area contributed by atoms with Gasteiger partial charge in [-0.3, -0.25) is 9.59 Å². The first-order valence-electron chi connectivity index (χ1n) is 6.21. The summed E-state index contributed by atoms with van der Waals surface area (Å²) in [4.78, 5) is 24.5. The van der Waals surface area contributed by atoms with E-state index in [2.05, 4.69) is 0 Å². The van der Waals surface area contributed by atoms with Crippen molar-refractivity contribution < 1.29 is 23.5 Å². The van der Waals surface area contributed by atoms with Crippen LogP contribution < -0.4 is 5.73 Å². The van der Waals surface area contributed by atoms with Gasteiger partial charge < -0.3 is 15.7 Å². The van der Waals surface area contributed by atoms with E-state index in [-0.39, 0.29) is 19.5 Å². The number of carbonyl (C=O) groups excluding carboxylic acids is 2. The second-order valence-corrected chi connectivity index (χ2v) is 5.38. The summed E-state index contributed by atoms with van der Waals surface area (Å²) in [5.41, 5.74) is 2.74. The average molecular weight is 319 g/mol. The lowest BCUT2D eigenvalue weighted by atomic mass is 9.92. The first-order valence-corrected chi connectivity index (χ1v) is 6.58. The van der Waals surface area contributed by atoms with Gasteiger partial charge in [-0.2, -0.15) is 0 Å². The summed E-state index contributed by atoms with van der Waals surface area (Å²) in [5, 5.41) is 9.59. The minimum Gasteiger partial charge on any atom is -0.378 e. The second-order valence-electron chi connectivity index (χ2n) is 4.97. The van der Waals surface area contributed by atoms with E-state index in [0.29, 0.717) is 18.6 Å². The first-order chi connectivity index (χ1) is 9.74. The van der Waals surface area contributed by atoms with E-state index in [9.17, 15) is 23.5 Å². The molecule has 21 heavy (non-hydrogen) atoms. The maximum Gasteiger partial charge on any atom is 0.257 e. The van der Waals surface area contributed by atoms with Gasteiger partial charge in [0.05, 0.1) is 17.1 Å². The fourth-order valence-electron chi connectivity index (χ4n) is 2.27. The summed E-state index contributed by atoms with van der Waals surface area (Å²) in [7, 11) is 0. The fraction of sp³-hybridized carbons (Fsp3) is 0.385. The standard InChI is InChI=1S/C13H13ClF2N2O3/c14-8-5-9(15)7(4-10(8)16)11(19)18-3-1-2-13(21,6-18)12(17)20/h4-5,21H,1-3,6H2,(H2,17,20)/t13-/m1/s1. The first kappa shape index (κ1) is 15.7. The smallest absolute Gasteiger partial charge is 0.257 e. The number of nitrogens with two attached hydrogens (primary N) is 1. The number of likely N-dealkylation sites (tertiary alicyclic amines) is 1. The van der Waals surface area contributed by atoms with Crippen LogP contribution in [-0.4, -0.2) is 40.5 Å². The molecule has 0 radical (unpaired) electrons. The topological polar surface area (TPSA) is 83.6 Å². The lowest BCUT2D eigenvalue weighted by Crippen LogP contribution is -2.57. The van der Waals surface area contributed by atoms with E-state index in [4.69, 9.17) is 17.3 Å². The zero-order valence-electron chi connectivity index (χ0n) is 10.9. The summed E-state index contributed by atoms with van der Waals surface area (Å²) < 4.78 is 27.1. The Morgan fingerprint density at radius 3 is 2.62 bits per heavy atom. The largest absolute Gasteiger partial charge is 0.378 e. The molecule has 0 spiro atoms. The van der Waals surface area contributed by atoms with Crippen LogP contribution in [0.3, 0.4) is 0 Å². The van der Waals surface area contributed by atoms with E-state index in [1.807, 2.05) is 0 Å². The molecule has 5 nitrogen and oxygen atoms in total. The third-order valence-electron chi connectivity index (χ3n) is 3.46. The van der Waals surface area contributed by atoms with Gasteiger partial charge in [-0.1, -0.05) is 11.6 Å². The Hall–Kier alpha value is -1.73. The fourth-order valence-corrected chi connectivity index (χ4v) is 2.42. The number of aliphatic hydroxyl groups is 1. The number of carbonyl (C=O) groups is 2. The van der Waals surface area contributed by atoms with Gasteiger partial charge in [0.25, 0.3) is 11.8 Å². The average Bonchev–Trinajstić information content (AvgIpc) is 2.42. The minimum atomic E-state index is -1.85. The van der Waals surface area contributed by atoms with Gasteiger partial charge in [-0.15, -0.1) is 0 Å². The summed E-state index contributed by atoms with van der Waals surface area (Å²) in [6, 6.07) is 1.40. The van der Waals surface area contributed by atoms with Crippen LogP contribution in [0.5, 0.6) is 0 Å². The van der Waals surface area contributed by atoms with Crippen LogP contribution in [0, 0.1) is 11.6 Å². The van der Waals surface area contributed by atoms with Crippen LogP contribution in [0.1, 0.15) is 23.2 Å². The third kappa shape index (κ3) is 2.98. The van der Waals surface area contributed by atoms with Gasteiger partial charge >= 0.3 is 0 Å². The van der Waals surface area contributed by atoms with Gasteiger partial charge in [0.2, 0.25) is 0 Å². The van der Waals surface area contributed by atoms with E-state index < -0.39 is 39.6 Å². The summed E-state index contributed by atoms with van der Waals surface area (Å²) in [6.07, 6.45) is 0.437. The molecule has 1 aromatic rings. The van der Waals surface area contributed by atoms with Crippen molar-refractivity contribution in [2.75, 3.05) is 13.1 Å². The molecule has 3 N–H and O–H groups in total. The van der Waals surface area contributed by atoms with Crippen molar-refractivity contribution in [3.8, 4) is 0 Å². The summed E-state index contributed by atoms with van der Waals surface area (Å²) in [6.45, 7) is -0.150. The molecule has 8 heteroatoms. The Bertz CT molecular complexity index is 611. The number of benzene rings is 1. The predicted molar refractivity (Wildman–Crippen MR) is 70.6 cm³/mol. The number of hydrogen-bond acceptors (Lipinski definition) is 3. The maximum absolute atomic E-state index is 13.7. The highest BCUT2D eigenvalue weighted by molar-refractivity contribution is 6.30. The Morgan fingerprint density at radius 1 is 1.33 bits per heavy atom. The van der Waals surface area contributed by atoms with Crippen LogP contribution in [0.15, 0.2) is 12.1 Å². The Kier molecular flexibility index (Phi) is 4.15. The summed E-state index contributed by atoms with van der Waals surface area (Å²) in [5.74, 6) is -3.69. The molecule has 1 atom stereocenters. The lowest BCUT2D eigenvalue weighted by Gasteiger charge is -2.37.